The molecule has 0 radical (unpaired) electrons. The van der Waals surface area contributed by atoms with Gasteiger partial charge in [-0.3, -0.25) is 0 Å². The molecule has 100 valence electrons. The van der Waals surface area contributed by atoms with E-state index in [2.05, 4.69) is 20.7 Å². The van der Waals surface area contributed by atoms with Crippen LogP contribution < -0.4 is 16.6 Å². The van der Waals surface area contributed by atoms with Gasteiger partial charge in [-0.1, -0.05) is 0 Å². The van der Waals surface area contributed by atoms with E-state index < -0.39 is 0 Å². The number of nitrogens with two attached hydrogens (primary N) is 1. The van der Waals surface area contributed by atoms with Gasteiger partial charge in [-0.25, -0.2) is 15.8 Å². The molecule has 0 saturated carbocycles. The predicted molar refractivity (Wildman–Crippen MR) is 71.4 cm³/mol. The van der Waals surface area contributed by atoms with E-state index in [1.807, 2.05) is 13.8 Å². The van der Waals surface area contributed by atoms with Crippen LogP contribution in [-0.2, 0) is 4.74 Å². The zero-order valence-corrected chi connectivity index (χ0v) is 11.0. The molecule has 1 aromatic heterocycles. The number of hydrazine groups is 1. The number of anilines is 2. The first-order chi connectivity index (χ1) is 8.70. The van der Waals surface area contributed by atoms with Crippen molar-refractivity contribution in [3.05, 3.63) is 11.4 Å². The minimum atomic E-state index is 0.280. The molecular weight excluding hydrogens is 230 g/mol. The minimum absolute atomic E-state index is 0.280. The highest BCUT2D eigenvalue weighted by Crippen LogP contribution is 2.20. The summed E-state index contributed by atoms with van der Waals surface area (Å²) in [6.07, 6.45) is 3.80. The van der Waals surface area contributed by atoms with Gasteiger partial charge in [-0.2, -0.15) is 0 Å². The van der Waals surface area contributed by atoms with Gasteiger partial charge in [0.05, 0.1) is 6.10 Å². The minimum Gasteiger partial charge on any atom is -0.376 e. The van der Waals surface area contributed by atoms with Crippen LogP contribution in [0.3, 0.4) is 0 Å². The number of nitrogens with zero attached hydrogens (tertiary/aromatic N) is 2. The molecule has 6 heteroatoms. The monoisotopic (exact) mass is 251 g/mol. The van der Waals surface area contributed by atoms with Gasteiger partial charge in [0.2, 0.25) is 0 Å². The maximum absolute atomic E-state index is 5.68. The summed E-state index contributed by atoms with van der Waals surface area (Å²) in [6, 6.07) is 0. The van der Waals surface area contributed by atoms with Crippen molar-refractivity contribution in [1.82, 2.24) is 9.97 Å². The average molecular weight is 251 g/mol. The zero-order valence-electron chi connectivity index (χ0n) is 11.0. The molecule has 1 atom stereocenters. The molecule has 1 unspecified atom stereocenters. The molecule has 0 amide bonds. The summed E-state index contributed by atoms with van der Waals surface area (Å²) in [5.74, 6) is 7.62. The van der Waals surface area contributed by atoms with Crippen molar-refractivity contribution in [2.24, 2.45) is 5.84 Å². The van der Waals surface area contributed by atoms with Crippen LogP contribution in [0.15, 0.2) is 0 Å². The predicted octanol–water partition coefficient (Wildman–Crippen LogP) is 1.36. The SMILES string of the molecule is Cc1nc(NN)c(C)c(NCC2CCCCO2)n1. The van der Waals surface area contributed by atoms with E-state index >= 15 is 0 Å². The molecule has 1 fully saturated rings. The highest BCUT2D eigenvalue weighted by Gasteiger charge is 2.15. The van der Waals surface area contributed by atoms with Crippen molar-refractivity contribution < 1.29 is 4.74 Å². The lowest BCUT2D eigenvalue weighted by Gasteiger charge is -2.23. The van der Waals surface area contributed by atoms with E-state index in [1.54, 1.807) is 0 Å². The van der Waals surface area contributed by atoms with Crippen molar-refractivity contribution >= 4 is 11.6 Å². The van der Waals surface area contributed by atoms with E-state index in [0.29, 0.717) is 11.6 Å². The Morgan fingerprint density at radius 3 is 2.72 bits per heavy atom. The molecule has 0 bridgehead atoms. The van der Waals surface area contributed by atoms with E-state index in [-0.39, 0.29) is 6.10 Å². The van der Waals surface area contributed by atoms with Crippen LogP contribution in [0.5, 0.6) is 0 Å². The molecule has 1 aromatic rings. The van der Waals surface area contributed by atoms with Crippen LogP contribution in [0.1, 0.15) is 30.7 Å². The van der Waals surface area contributed by atoms with Gasteiger partial charge in [0.15, 0.2) is 0 Å². The Bertz CT molecular complexity index is 404. The van der Waals surface area contributed by atoms with Crippen molar-refractivity contribution in [3.8, 4) is 0 Å². The Balaban J connectivity index is 2.01. The first kappa shape index (κ1) is 13.0. The van der Waals surface area contributed by atoms with Crippen molar-refractivity contribution in [2.45, 2.75) is 39.2 Å². The van der Waals surface area contributed by atoms with Crippen LogP contribution in [0.2, 0.25) is 0 Å². The molecule has 1 aliphatic rings. The number of ether oxygens (including phenoxy) is 1. The number of aromatic nitrogens is 2. The van der Waals surface area contributed by atoms with Gasteiger partial charge in [0, 0.05) is 18.7 Å². The topological polar surface area (TPSA) is 85.1 Å². The molecule has 0 aliphatic carbocycles. The van der Waals surface area contributed by atoms with E-state index in [4.69, 9.17) is 10.6 Å². The normalized spacial score (nSPS) is 19.6. The fourth-order valence-corrected chi connectivity index (χ4v) is 2.12. The summed E-state index contributed by atoms with van der Waals surface area (Å²) < 4.78 is 5.68. The fourth-order valence-electron chi connectivity index (χ4n) is 2.12. The number of aryl methyl sites for hydroxylation is 1. The highest BCUT2D eigenvalue weighted by molar-refractivity contribution is 5.56. The molecular formula is C12H21N5O. The van der Waals surface area contributed by atoms with Gasteiger partial charge in [-0.15, -0.1) is 0 Å². The Morgan fingerprint density at radius 2 is 2.06 bits per heavy atom. The molecule has 2 rings (SSSR count). The second kappa shape index (κ2) is 5.97. The third-order valence-electron chi connectivity index (χ3n) is 3.17. The summed E-state index contributed by atoms with van der Waals surface area (Å²) >= 11 is 0. The molecule has 2 heterocycles. The zero-order chi connectivity index (χ0) is 13.0. The summed E-state index contributed by atoms with van der Waals surface area (Å²) in [5, 5.41) is 3.33. The quantitative estimate of drug-likeness (QED) is 0.553. The number of nitrogens with one attached hydrogen (secondary N) is 2. The molecule has 1 aliphatic heterocycles. The van der Waals surface area contributed by atoms with Crippen LogP contribution in [0.4, 0.5) is 11.6 Å². The molecule has 6 nitrogen and oxygen atoms in total. The number of hydrogen-bond acceptors (Lipinski definition) is 6. The van der Waals surface area contributed by atoms with Crippen LogP contribution in [0, 0.1) is 13.8 Å². The lowest BCUT2D eigenvalue weighted by molar-refractivity contribution is 0.0247. The lowest BCUT2D eigenvalue weighted by Crippen LogP contribution is -2.27. The van der Waals surface area contributed by atoms with Crippen LogP contribution in [-0.4, -0.2) is 29.2 Å². The van der Waals surface area contributed by atoms with E-state index in [0.717, 1.165) is 31.0 Å². The molecule has 4 N–H and O–H groups in total. The van der Waals surface area contributed by atoms with E-state index in [9.17, 15) is 0 Å². The standard InChI is InChI=1S/C12H21N5O/c1-8-11(15-9(2)16-12(8)17-13)14-7-10-5-3-4-6-18-10/h10H,3-7,13H2,1-2H3,(H2,14,15,16,17). The largest absolute Gasteiger partial charge is 0.376 e. The summed E-state index contributed by atoms with van der Waals surface area (Å²) in [6.45, 7) is 5.44. The van der Waals surface area contributed by atoms with Gasteiger partial charge in [-0.05, 0) is 33.1 Å². The van der Waals surface area contributed by atoms with Crippen molar-refractivity contribution in [2.75, 3.05) is 23.9 Å². The molecule has 0 spiro atoms. The third-order valence-corrected chi connectivity index (χ3v) is 3.17. The smallest absolute Gasteiger partial charge is 0.148 e. The molecule has 18 heavy (non-hydrogen) atoms. The molecule has 1 saturated heterocycles. The number of hydrogen-bond donors (Lipinski definition) is 3. The summed E-state index contributed by atoms with van der Waals surface area (Å²) in [5.41, 5.74) is 3.52. The molecule has 0 aromatic carbocycles. The number of nitrogen functional groups attached to an aromatic ring is 1. The van der Waals surface area contributed by atoms with E-state index in [1.165, 1.54) is 12.8 Å². The first-order valence-electron chi connectivity index (χ1n) is 6.38. The Hall–Kier alpha value is -1.40. The Morgan fingerprint density at radius 1 is 1.28 bits per heavy atom. The fraction of sp³-hybridized carbons (Fsp3) is 0.667. The van der Waals surface area contributed by atoms with Gasteiger partial charge >= 0.3 is 0 Å². The number of rotatable bonds is 4. The highest BCUT2D eigenvalue weighted by atomic mass is 16.5. The average Bonchev–Trinajstić information content (AvgIpc) is 2.40. The second-order valence-corrected chi connectivity index (χ2v) is 4.61. The summed E-state index contributed by atoms with van der Waals surface area (Å²) in [4.78, 5) is 8.62. The maximum Gasteiger partial charge on any atom is 0.148 e. The van der Waals surface area contributed by atoms with Gasteiger partial charge in [0.1, 0.15) is 17.5 Å². The second-order valence-electron chi connectivity index (χ2n) is 4.61. The van der Waals surface area contributed by atoms with Crippen molar-refractivity contribution in [1.29, 1.82) is 0 Å². The maximum atomic E-state index is 5.68. The summed E-state index contributed by atoms with van der Waals surface area (Å²) in [7, 11) is 0. The Kier molecular flexibility index (Phi) is 4.33. The van der Waals surface area contributed by atoms with Gasteiger partial charge < -0.3 is 15.5 Å². The van der Waals surface area contributed by atoms with Gasteiger partial charge in [0.25, 0.3) is 0 Å². The third kappa shape index (κ3) is 3.08. The Labute approximate surface area is 107 Å². The first-order valence-corrected chi connectivity index (χ1v) is 6.38. The lowest BCUT2D eigenvalue weighted by atomic mass is 10.1. The van der Waals surface area contributed by atoms with Crippen LogP contribution >= 0.6 is 0 Å². The van der Waals surface area contributed by atoms with Crippen LogP contribution in [0.25, 0.3) is 0 Å². The van der Waals surface area contributed by atoms with Crippen molar-refractivity contribution in [3.63, 3.8) is 0 Å².